The predicted molar refractivity (Wildman–Crippen MR) is 87.1 cm³/mol. The lowest BCUT2D eigenvalue weighted by Crippen LogP contribution is -1.98. The molecule has 0 spiro atoms. The summed E-state index contributed by atoms with van der Waals surface area (Å²) in [5, 5.41) is 0. The molecule has 112 valence electrons. The Morgan fingerprint density at radius 1 is 1.15 bits per heavy atom. The van der Waals surface area contributed by atoms with Crippen molar-refractivity contribution in [2.45, 2.75) is 58.8 Å². The molecule has 3 heteroatoms. The van der Waals surface area contributed by atoms with Crippen molar-refractivity contribution in [2.24, 2.45) is 0 Å². The summed E-state index contributed by atoms with van der Waals surface area (Å²) in [7, 11) is 0. The summed E-state index contributed by atoms with van der Waals surface area (Å²) < 4.78 is 4.86. The van der Waals surface area contributed by atoms with E-state index in [4.69, 9.17) is 4.74 Å². The van der Waals surface area contributed by atoms with E-state index in [0.717, 1.165) is 11.3 Å². The molecule has 0 radical (unpaired) electrons. The molecule has 0 amide bonds. The van der Waals surface area contributed by atoms with Gasteiger partial charge in [0.1, 0.15) is 0 Å². The zero-order valence-electron chi connectivity index (χ0n) is 12.7. The Labute approximate surface area is 126 Å². The van der Waals surface area contributed by atoms with Gasteiger partial charge in [0, 0.05) is 15.8 Å². The van der Waals surface area contributed by atoms with Gasteiger partial charge in [-0.15, -0.1) is 11.3 Å². The number of carbonyl (C=O) groups is 1. The molecule has 0 unspecified atom stereocenters. The minimum atomic E-state index is -0.265. The quantitative estimate of drug-likeness (QED) is 0.335. The smallest absolute Gasteiger partial charge is 0.330 e. The molecular weight excluding hydrogens is 268 g/mol. The number of aryl methyl sites for hydroxylation is 1. The van der Waals surface area contributed by atoms with E-state index in [1.807, 2.05) is 13.0 Å². The van der Waals surface area contributed by atoms with E-state index in [1.165, 1.54) is 49.5 Å². The predicted octanol–water partition coefficient (Wildman–Crippen LogP) is 5.23. The minimum Gasteiger partial charge on any atom is -0.463 e. The molecule has 1 aromatic heterocycles. The van der Waals surface area contributed by atoms with Crippen LogP contribution in [0.4, 0.5) is 0 Å². The van der Waals surface area contributed by atoms with E-state index >= 15 is 0 Å². The van der Waals surface area contributed by atoms with Gasteiger partial charge in [0.15, 0.2) is 0 Å². The van der Waals surface area contributed by atoms with Gasteiger partial charge in [-0.1, -0.05) is 39.0 Å². The number of unbranched alkanes of at least 4 members (excludes halogenated alkanes) is 5. The molecule has 2 nitrogen and oxygen atoms in total. The summed E-state index contributed by atoms with van der Waals surface area (Å²) in [6, 6.07) is 4.24. The average Bonchev–Trinajstić information content (AvgIpc) is 2.89. The van der Waals surface area contributed by atoms with Crippen LogP contribution in [0, 0.1) is 0 Å². The van der Waals surface area contributed by atoms with Crippen molar-refractivity contribution >= 4 is 23.4 Å². The number of thiophene rings is 1. The zero-order valence-corrected chi connectivity index (χ0v) is 13.5. The van der Waals surface area contributed by atoms with Gasteiger partial charge in [0.2, 0.25) is 0 Å². The monoisotopic (exact) mass is 294 g/mol. The normalized spacial score (nSPS) is 11.1. The van der Waals surface area contributed by atoms with E-state index in [1.54, 1.807) is 11.3 Å². The molecule has 1 aromatic rings. The first kappa shape index (κ1) is 17.0. The Balaban J connectivity index is 2.24. The van der Waals surface area contributed by atoms with Crippen LogP contribution in [0.2, 0.25) is 0 Å². The van der Waals surface area contributed by atoms with E-state index < -0.39 is 0 Å². The highest BCUT2D eigenvalue weighted by Crippen LogP contribution is 2.20. The maximum Gasteiger partial charge on any atom is 0.330 e. The van der Waals surface area contributed by atoms with Crippen LogP contribution in [0.25, 0.3) is 6.08 Å². The van der Waals surface area contributed by atoms with Crippen LogP contribution in [-0.4, -0.2) is 12.6 Å². The minimum absolute atomic E-state index is 0.265. The molecule has 0 aliphatic rings. The fraction of sp³-hybridized carbons (Fsp3) is 0.588. The molecule has 0 aromatic carbocycles. The molecular formula is C17H26O2S. The maximum absolute atomic E-state index is 11.2. The number of esters is 1. The van der Waals surface area contributed by atoms with Gasteiger partial charge in [0.05, 0.1) is 6.61 Å². The Morgan fingerprint density at radius 3 is 2.65 bits per heavy atom. The molecule has 20 heavy (non-hydrogen) atoms. The lowest BCUT2D eigenvalue weighted by Gasteiger charge is -1.99. The van der Waals surface area contributed by atoms with Gasteiger partial charge in [-0.3, -0.25) is 0 Å². The van der Waals surface area contributed by atoms with E-state index in [2.05, 4.69) is 19.1 Å². The van der Waals surface area contributed by atoms with Crippen LogP contribution < -0.4 is 0 Å². The van der Waals surface area contributed by atoms with Crippen molar-refractivity contribution < 1.29 is 9.53 Å². The third kappa shape index (κ3) is 7.49. The van der Waals surface area contributed by atoms with Gasteiger partial charge < -0.3 is 4.74 Å². The lowest BCUT2D eigenvalue weighted by atomic mass is 10.1. The Bertz CT molecular complexity index is 407. The standard InChI is InChI=1S/C17H26O2S/c1-3-5-6-7-8-9-10-15-11-12-16(20-15)13-14-17(18)19-4-2/h11-14H,3-10H2,1-2H3. The molecule has 1 rings (SSSR count). The van der Waals surface area contributed by atoms with Crippen LogP contribution in [0.5, 0.6) is 0 Å². The number of hydrogen-bond acceptors (Lipinski definition) is 3. The Hall–Kier alpha value is -1.09. The number of rotatable bonds is 10. The SMILES string of the molecule is CCCCCCCCc1ccc(C=CC(=O)OCC)s1. The maximum atomic E-state index is 11.2. The summed E-state index contributed by atoms with van der Waals surface area (Å²) >= 11 is 1.77. The molecule has 0 fully saturated rings. The third-order valence-corrected chi connectivity index (χ3v) is 4.24. The van der Waals surface area contributed by atoms with Gasteiger partial charge in [-0.25, -0.2) is 4.79 Å². The van der Waals surface area contributed by atoms with Gasteiger partial charge >= 0.3 is 5.97 Å². The van der Waals surface area contributed by atoms with Gasteiger partial charge in [-0.05, 0) is 38.0 Å². The van der Waals surface area contributed by atoms with E-state index in [9.17, 15) is 4.79 Å². The average molecular weight is 294 g/mol. The van der Waals surface area contributed by atoms with Crippen molar-refractivity contribution in [3.8, 4) is 0 Å². The van der Waals surface area contributed by atoms with Crippen LogP contribution in [-0.2, 0) is 16.0 Å². The largest absolute Gasteiger partial charge is 0.463 e. The topological polar surface area (TPSA) is 26.3 Å². The second kappa shape index (κ2) is 10.7. The molecule has 0 saturated carbocycles. The van der Waals surface area contributed by atoms with Crippen LogP contribution in [0.15, 0.2) is 18.2 Å². The molecule has 0 N–H and O–H groups in total. The molecule has 0 saturated heterocycles. The second-order valence-electron chi connectivity index (χ2n) is 4.91. The molecule has 0 bridgehead atoms. The van der Waals surface area contributed by atoms with Crippen molar-refractivity contribution in [3.05, 3.63) is 28.0 Å². The fourth-order valence-corrected chi connectivity index (χ4v) is 3.00. The van der Waals surface area contributed by atoms with Crippen LogP contribution in [0.3, 0.4) is 0 Å². The highest BCUT2D eigenvalue weighted by atomic mass is 32.1. The summed E-state index contributed by atoms with van der Waals surface area (Å²) in [6.45, 7) is 4.49. The first-order valence-corrected chi connectivity index (χ1v) is 8.51. The molecule has 1 heterocycles. The summed E-state index contributed by atoms with van der Waals surface area (Å²) in [5.74, 6) is -0.265. The van der Waals surface area contributed by atoms with Crippen LogP contribution in [0.1, 0.15) is 62.1 Å². The van der Waals surface area contributed by atoms with Gasteiger partial charge in [0.25, 0.3) is 0 Å². The van der Waals surface area contributed by atoms with Crippen LogP contribution >= 0.6 is 11.3 Å². The van der Waals surface area contributed by atoms with Crippen molar-refractivity contribution in [1.29, 1.82) is 0 Å². The van der Waals surface area contributed by atoms with E-state index in [0.29, 0.717) is 6.61 Å². The second-order valence-corrected chi connectivity index (χ2v) is 6.11. The molecule has 0 aliphatic heterocycles. The highest BCUT2D eigenvalue weighted by Gasteiger charge is 1.99. The van der Waals surface area contributed by atoms with Crippen molar-refractivity contribution in [1.82, 2.24) is 0 Å². The third-order valence-electron chi connectivity index (χ3n) is 3.13. The number of ether oxygens (including phenoxy) is 1. The van der Waals surface area contributed by atoms with Crippen molar-refractivity contribution in [3.63, 3.8) is 0 Å². The number of carbonyl (C=O) groups excluding carboxylic acids is 1. The summed E-state index contributed by atoms with van der Waals surface area (Å²) in [5.41, 5.74) is 0. The lowest BCUT2D eigenvalue weighted by molar-refractivity contribution is -0.137. The summed E-state index contributed by atoms with van der Waals surface area (Å²) in [6.07, 6.45) is 12.5. The van der Waals surface area contributed by atoms with Crippen molar-refractivity contribution in [2.75, 3.05) is 6.61 Å². The fourth-order valence-electron chi connectivity index (χ4n) is 2.04. The summed E-state index contributed by atoms with van der Waals surface area (Å²) in [4.78, 5) is 13.7. The highest BCUT2D eigenvalue weighted by molar-refractivity contribution is 7.12. The molecule has 0 atom stereocenters. The molecule has 0 aliphatic carbocycles. The number of hydrogen-bond donors (Lipinski definition) is 0. The first-order valence-electron chi connectivity index (χ1n) is 7.69. The van der Waals surface area contributed by atoms with Gasteiger partial charge in [-0.2, -0.15) is 0 Å². The Kier molecular flexibility index (Phi) is 9.05. The first-order chi connectivity index (χ1) is 9.76. The zero-order chi connectivity index (χ0) is 14.6. The van der Waals surface area contributed by atoms with E-state index in [-0.39, 0.29) is 5.97 Å². The Morgan fingerprint density at radius 2 is 1.90 bits per heavy atom.